The Labute approximate surface area is 152 Å². The maximum Gasteiger partial charge on any atom is 0.416 e. The molecular formula is C15H22Cl2F3N3O. The lowest BCUT2D eigenvalue weighted by Gasteiger charge is -2.36. The number of piperazine rings is 1. The van der Waals surface area contributed by atoms with E-state index in [4.69, 9.17) is 5.73 Å². The van der Waals surface area contributed by atoms with E-state index in [9.17, 15) is 18.0 Å². The first kappa shape index (κ1) is 22.8. The summed E-state index contributed by atoms with van der Waals surface area (Å²) >= 11 is 0. The van der Waals surface area contributed by atoms with Crippen LogP contribution in [0, 0.1) is 0 Å². The number of carbonyl (C=O) groups is 1. The van der Waals surface area contributed by atoms with Crippen LogP contribution in [0.25, 0.3) is 0 Å². The third kappa shape index (κ3) is 6.03. The zero-order chi connectivity index (χ0) is 16.3. The van der Waals surface area contributed by atoms with E-state index in [-0.39, 0.29) is 36.8 Å². The molecule has 1 aliphatic rings. The molecule has 1 heterocycles. The van der Waals surface area contributed by atoms with Crippen molar-refractivity contribution in [2.24, 2.45) is 5.73 Å². The fourth-order valence-electron chi connectivity index (χ4n) is 2.50. The number of rotatable bonds is 3. The van der Waals surface area contributed by atoms with Crippen molar-refractivity contribution in [1.29, 1.82) is 0 Å². The van der Waals surface area contributed by atoms with Crippen LogP contribution in [0.15, 0.2) is 24.3 Å². The Bertz CT molecular complexity index is 533. The molecule has 2 rings (SSSR count). The summed E-state index contributed by atoms with van der Waals surface area (Å²) in [6, 6.07) is 5.10. The topological polar surface area (TPSA) is 49.6 Å². The van der Waals surface area contributed by atoms with Gasteiger partial charge in [-0.2, -0.15) is 13.2 Å². The Morgan fingerprint density at radius 3 is 2.29 bits per heavy atom. The van der Waals surface area contributed by atoms with Crippen LogP contribution >= 0.6 is 24.8 Å². The van der Waals surface area contributed by atoms with E-state index in [1.54, 1.807) is 17.9 Å². The minimum absolute atomic E-state index is 0. The number of hydrogen-bond donors (Lipinski definition) is 1. The van der Waals surface area contributed by atoms with Crippen LogP contribution in [-0.2, 0) is 11.0 Å². The zero-order valence-electron chi connectivity index (χ0n) is 13.3. The highest BCUT2D eigenvalue weighted by Gasteiger charge is 2.31. The molecule has 1 atom stereocenters. The third-order valence-corrected chi connectivity index (χ3v) is 3.67. The maximum atomic E-state index is 12.7. The van der Waals surface area contributed by atoms with Crippen molar-refractivity contribution in [2.45, 2.75) is 25.6 Å². The van der Waals surface area contributed by atoms with Crippen molar-refractivity contribution in [3.05, 3.63) is 29.8 Å². The quantitative estimate of drug-likeness (QED) is 0.867. The molecule has 0 spiro atoms. The maximum absolute atomic E-state index is 12.7. The molecule has 1 amide bonds. The van der Waals surface area contributed by atoms with E-state index in [1.165, 1.54) is 6.07 Å². The number of hydrogen-bond acceptors (Lipinski definition) is 3. The van der Waals surface area contributed by atoms with Gasteiger partial charge in [-0.25, -0.2) is 0 Å². The third-order valence-electron chi connectivity index (χ3n) is 3.67. The number of carbonyl (C=O) groups excluding carboxylic acids is 1. The summed E-state index contributed by atoms with van der Waals surface area (Å²) in [5, 5.41) is 0. The average molecular weight is 388 g/mol. The largest absolute Gasteiger partial charge is 0.416 e. The minimum atomic E-state index is -4.34. The van der Waals surface area contributed by atoms with Crippen LogP contribution in [0.1, 0.15) is 18.9 Å². The first-order valence-corrected chi connectivity index (χ1v) is 7.23. The average Bonchev–Trinajstić information content (AvgIpc) is 2.46. The predicted octanol–water partition coefficient (Wildman–Crippen LogP) is 2.93. The van der Waals surface area contributed by atoms with E-state index in [0.717, 1.165) is 12.1 Å². The molecule has 4 nitrogen and oxygen atoms in total. The van der Waals surface area contributed by atoms with Gasteiger partial charge >= 0.3 is 6.18 Å². The Balaban J connectivity index is 0.00000264. The van der Waals surface area contributed by atoms with Crippen molar-refractivity contribution in [3.63, 3.8) is 0 Å². The van der Waals surface area contributed by atoms with Crippen molar-refractivity contribution >= 4 is 36.4 Å². The lowest BCUT2D eigenvalue weighted by Crippen LogP contribution is -2.49. The van der Waals surface area contributed by atoms with E-state index >= 15 is 0 Å². The first-order chi connectivity index (χ1) is 10.3. The van der Waals surface area contributed by atoms with Crippen LogP contribution < -0.4 is 10.6 Å². The van der Waals surface area contributed by atoms with Gasteiger partial charge in [-0.15, -0.1) is 24.8 Å². The van der Waals surface area contributed by atoms with Crippen LogP contribution in [0.4, 0.5) is 18.9 Å². The van der Waals surface area contributed by atoms with Gasteiger partial charge in [0, 0.05) is 44.3 Å². The zero-order valence-corrected chi connectivity index (χ0v) is 14.9. The monoisotopic (exact) mass is 387 g/mol. The lowest BCUT2D eigenvalue weighted by atomic mass is 10.1. The molecular weight excluding hydrogens is 366 g/mol. The van der Waals surface area contributed by atoms with Gasteiger partial charge in [0.05, 0.1) is 5.56 Å². The second-order valence-electron chi connectivity index (χ2n) is 5.60. The molecule has 0 bridgehead atoms. The summed E-state index contributed by atoms with van der Waals surface area (Å²) < 4.78 is 38.2. The lowest BCUT2D eigenvalue weighted by molar-refractivity contribution is -0.137. The Morgan fingerprint density at radius 1 is 1.21 bits per heavy atom. The molecule has 2 N–H and O–H groups in total. The van der Waals surface area contributed by atoms with E-state index in [0.29, 0.717) is 38.3 Å². The van der Waals surface area contributed by atoms with Gasteiger partial charge in [-0.05, 0) is 25.1 Å². The molecule has 0 aliphatic carbocycles. The number of anilines is 1. The Hall–Kier alpha value is -1.18. The standard InChI is InChI=1S/C15H20F3N3O.2ClH/c1-11(19)9-14(22)21-7-5-20(6-8-21)13-4-2-3-12(10-13)15(16,17)18;;/h2-4,10-11H,5-9,19H2,1H3;2*1H. The molecule has 1 fully saturated rings. The minimum Gasteiger partial charge on any atom is -0.368 e. The number of nitrogens with two attached hydrogens (primary N) is 1. The summed E-state index contributed by atoms with van der Waals surface area (Å²) in [5.41, 5.74) is 5.50. The van der Waals surface area contributed by atoms with Crippen molar-refractivity contribution in [1.82, 2.24) is 4.90 Å². The van der Waals surface area contributed by atoms with Gasteiger partial charge in [-0.3, -0.25) is 4.79 Å². The summed E-state index contributed by atoms with van der Waals surface area (Å²) in [6.45, 7) is 3.82. The summed E-state index contributed by atoms with van der Waals surface area (Å²) in [5.74, 6) is -0.00121. The highest BCUT2D eigenvalue weighted by molar-refractivity contribution is 5.85. The van der Waals surface area contributed by atoms with E-state index in [1.807, 2.05) is 4.90 Å². The smallest absolute Gasteiger partial charge is 0.368 e. The van der Waals surface area contributed by atoms with Gasteiger partial charge in [0.2, 0.25) is 5.91 Å². The molecule has 1 aromatic carbocycles. The highest BCUT2D eigenvalue weighted by atomic mass is 35.5. The summed E-state index contributed by atoms with van der Waals surface area (Å²) in [6.07, 6.45) is -4.05. The Kier molecular flexibility index (Phi) is 8.88. The van der Waals surface area contributed by atoms with Gasteiger partial charge in [0.25, 0.3) is 0 Å². The van der Waals surface area contributed by atoms with Crippen molar-refractivity contribution in [3.8, 4) is 0 Å². The number of alkyl halides is 3. The van der Waals surface area contributed by atoms with Gasteiger partial charge in [0.15, 0.2) is 0 Å². The molecule has 1 saturated heterocycles. The van der Waals surface area contributed by atoms with Crippen LogP contribution in [-0.4, -0.2) is 43.0 Å². The number of halogens is 5. The highest BCUT2D eigenvalue weighted by Crippen LogP contribution is 2.31. The molecule has 1 aromatic rings. The normalized spacial score (nSPS) is 16.0. The van der Waals surface area contributed by atoms with E-state index in [2.05, 4.69) is 0 Å². The molecule has 0 saturated carbocycles. The Morgan fingerprint density at radius 2 is 1.79 bits per heavy atom. The molecule has 138 valence electrons. The van der Waals surface area contributed by atoms with E-state index < -0.39 is 11.7 Å². The van der Waals surface area contributed by atoms with Crippen molar-refractivity contribution in [2.75, 3.05) is 31.1 Å². The SMILES string of the molecule is CC(N)CC(=O)N1CCN(c2cccc(C(F)(F)F)c2)CC1.Cl.Cl. The van der Waals surface area contributed by atoms with Crippen LogP contribution in [0.5, 0.6) is 0 Å². The molecule has 9 heteroatoms. The van der Waals surface area contributed by atoms with Gasteiger partial charge in [0.1, 0.15) is 0 Å². The second kappa shape index (κ2) is 9.34. The van der Waals surface area contributed by atoms with Crippen LogP contribution in [0.3, 0.4) is 0 Å². The number of nitrogens with zero attached hydrogens (tertiary/aromatic N) is 2. The molecule has 0 aromatic heterocycles. The molecule has 1 unspecified atom stereocenters. The molecule has 0 radical (unpaired) electrons. The molecule has 1 aliphatic heterocycles. The fourth-order valence-corrected chi connectivity index (χ4v) is 2.50. The number of benzene rings is 1. The van der Waals surface area contributed by atoms with Crippen molar-refractivity contribution < 1.29 is 18.0 Å². The number of amides is 1. The predicted molar refractivity (Wildman–Crippen MR) is 93.0 cm³/mol. The second-order valence-corrected chi connectivity index (χ2v) is 5.60. The van der Waals surface area contributed by atoms with Gasteiger partial charge < -0.3 is 15.5 Å². The van der Waals surface area contributed by atoms with Gasteiger partial charge in [-0.1, -0.05) is 6.07 Å². The summed E-state index contributed by atoms with van der Waals surface area (Å²) in [4.78, 5) is 15.5. The summed E-state index contributed by atoms with van der Waals surface area (Å²) in [7, 11) is 0. The fraction of sp³-hybridized carbons (Fsp3) is 0.533. The molecule has 24 heavy (non-hydrogen) atoms. The van der Waals surface area contributed by atoms with Crippen LogP contribution in [0.2, 0.25) is 0 Å². The first-order valence-electron chi connectivity index (χ1n) is 7.23.